The van der Waals surface area contributed by atoms with Crippen LogP contribution < -0.4 is 0 Å². The molecule has 3 heteroatoms. The third-order valence-electron chi connectivity index (χ3n) is 11.8. The van der Waals surface area contributed by atoms with Gasteiger partial charge in [0.2, 0.25) is 0 Å². The van der Waals surface area contributed by atoms with Gasteiger partial charge in [-0.25, -0.2) is 0 Å². The molecule has 11 rings (SSSR count). The van der Waals surface area contributed by atoms with Gasteiger partial charge in [0.15, 0.2) is 0 Å². The molecule has 3 unspecified atom stereocenters. The summed E-state index contributed by atoms with van der Waals surface area (Å²) in [6.07, 6.45) is 10.7. The number of hydrogen-bond donors (Lipinski definition) is 0. The zero-order valence-corrected chi connectivity index (χ0v) is 32.0. The molecule has 0 saturated heterocycles. The second-order valence-electron chi connectivity index (χ2n) is 14.9. The molecule has 0 spiro atoms. The monoisotopic (exact) mass is 732 g/mol. The van der Waals surface area contributed by atoms with E-state index in [0.717, 1.165) is 6.42 Å². The Morgan fingerprint density at radius 2 is 1.21 bits per heavy atom. The standard InChI is InChI=1S/C50H36S3/c1-29-13-14-35(25-39(29)37-18-23-46-48(30(37)2)41-27-33(15-21-44(41)51-46)31-9-5-3-6-10-31)36-17-20-43-40(26-36)38-19-24-47-49(50(38)53-43)42-28-34(16-22-45(42)52-47)32-11-7-4-8-12-32/h3-27,30,34,37H,28H2,1-2H3. The van der Waals surface area contributed by atoms with Gasteiger partial charge in [-0.1, -0.05) is 116 Å². The van der Waals surface area contributed by atoms with Gasteiger partial charge in [-0.2, -0.15) is 0 Å². The first-order chi connectivity index (χ1) is 26.1. The molecule has 53 heavy (non-hydrogen) atoms. The molecule has 0 bridgehead atoms. The SMILES string of the molecule is Cc1ccc(-c2ccc3sc4c(ccc5sc6c(c54)CC(c4ccccc4)C=C6)c3c2)cc1C1C=Cc2sc3ccc(-c4ccccc4)cc3c2C1C. The summed E-state index contributed by atoms with van der Waals surface area (Å²) in [6, 6.07) is 47.9. The molecule has 0 amide bonds. The molecule has 0 fully saturated rings. The largest absolute Gasteiger partial charge is 0.136 e. The average Bonchev–Trinajstić information content (AvgIpc) is 3.89. The van der Waals surface area contributed by atoms with Crippen LogP contribution in [-0.4, -0.2) is 0 Å². The number of benzene rings is 6. The fourth-order valence-electron chi connectivity index (χ4n) is 9.06. The van der Waals surface area contributed by atoms with Crippen molar-refractivity contribution in [3.63, 3.8) is 0 Å². The molecule has 3 atom stereocenters. The number of hydrogen-bond acceptors (Lipinski definition) is 3. The molecule has 254 valence electrons. The highest BCUT2D eigenvalue weighted by atomic mass is 32.1. The van der Waals surface area contributed by atoms with Crippen LogP contribution in [-0.2, 0) is 6.42 Å². The minimum Gasteiger partial charge on any atom is -0.136 e. The van der Waals surface area contributed by atoms with Crippen molar-refractivity contribution in [1.29, 1.82) is 0 Å². The van der Waals surface area contributed by atoms with Gasteiger partial charge in [-0.15, -0.1) is 34.0 Å². The van der Waals surface area contributed by atoms with E-state index in [9.17, 15) is 0 Å². The zero-order chi connectivity index (χ0) is 35.2. The van der Waals surface area contributed by atoms with Crippen LogP contribution in [0.3, 0.4) is 0 Å². The van der Waals surface area contributed by atoms with Gasteiger partial charge in [0.1, 0.15) is 0 Å². The summed E-state index contributed by atoms with van der Waals surface area (Å²) < 4.78 is 5.59. The Labute approximate surface area is 322 Å². The Morgan fingerprint density at radius 1 is 0.547 bits per heavy atom. The number of aryl methyl sites for hydroxylation is 1. The van der Waals surface area contributed by atoms with Crippen molar-refractivity contribution >= 4 is 86.5 Å². The molecule has 9 aromatic rings. The van der Waals surface area contributed by atoms with Gasteiger partial charge in [0, 0.05) is 56.5 Å². The van der Waals surface area contributed by atoms with Crippen LogP contribution in [0.1, 0.15) is 62.2 Å². The number of allylic oxidation sites excluding steroid dienone is 2. The summed E-state index contributed by atoms with van der Waals surface area (Å²) in [7, 11) is 0. The third kappa shape index (κ3) is 5.06. The lowest BCUT2D eigenvalue weighted by atomic mass is 9.76. The summed E-state index contributed by atoms with van der Waals surface area (Å²) in [5, 5.41) is 5.63. The third-order valence-corrected chi connectivity index (χ3v) is 15.4. The van der Waals surface area contributed by atoms with Gasteiger partial charge >= 0.3 is 0 Å². The normalized spacial score (nSPS) is 18.0. The second-order valence-corrected chi connectivity index (χ2v) is 18.1. The first-order valence-corrected chi connectivity index (χ1v) is 21.1. The van der Waals surface area contributed by atoms with E-state index in [2.05, 4.69) is 166 Å². The molecule has 6 aromatic carbocycles. The summed E-state index contributed by atoms with van der Waals surface area (Å²) in [5.74, 6) is 1.12. The summed E-state index contributed by atoms with van der Waals surface area (Å²) in [4.78, 5) is 2.83. The number of fused-ring (bicyclic) bond motifs is 10. The van der Waals surface area contributed by atoms with Crippen molar-refractivity contribution in [3.8, 4) is 22.3 Å². The molecule has 3 heterocycles. The van der Waals surface area contributed by atoms with Crippen LogP contribution in [0.15, 0.2) is 140 Å². The molecule has 2 aliphatic carbocycles. The Kier molecular flexibility index (Phi) is 7.27. The molecule has 0 aliphatic heterocycles. The van der Waals surface area contributed by atoms with Crippen molar-refractivity contribution in [1.82, 2.24) is 0 Å². The van der Waals surface area contributed by atoms with E-state index in [0.29, 0.717) is 17.8 Å². The molecule has 0 saturated carbocycles. The maximum atomic E-state index is 2.48. The quantitative estimate of drug-likeness (QED) is 0.169. The lowest BCUT2D eigenvalue weighted by molar-refractivity contribution is 0.674. The second kappa shape index (κ2) is 12.2. The van der Waals surface area contributed by atoms with Crippen LogP contribution in [0.4, 0.5) is 0 Å². The van der Waals surface area contributed by atoms with Gasteiger partial charge in [-0.3, -0.25) is 0 Å². The molecule has 0 radical (unpaired) electrons. The first kappa shape index (κ1) is 31.5. The zero-order valence-electron chi connectivity index (χ0n) is 29.6. The Hall–Kier alpha value is -5.06. The van der Waals surface area contributed by atoms with Gasteiger partial charge < -0.3 is 0 Å². The van der Waals surface area contributed by atoms with E-state index in [1.54, 1.807) is 0 Å². The Morgan fingerprint density at radius 3 is 2.04 bits per heavy atom. The molecule has 0 nitrogen and oxygen atoms in total. The van der Waals surface area contributed by atoms with Crippen LogP contribution in [0.25, 0.3) is 74.8 Å². The van der Waals surface area contributed by atoms with Crippen molar-refractivity contribution in [2.24, 2.45) is 0 Å². The van der Waals surface area contributed by atoms with Gasteiger partial charge in [0.25, 0.3) is 0 Å². The first-order valence-electron chi connectivity index (χ1n) is 18.6. The van der Waals surface area contributed by atoms with Gasteiger partial charge in [0.05, 0.1) is 0 Å². The summed E-state index contributed by atoms with van der Waals surface area (Å²) in [5.41, 5.74) is 12.4. The predicted molar refractivity (Wildman–Crippen MR) is 234 cm³/mol. The fraction of sp³-hybridized carbons (Fsp3) is 0.120. The van der Waals surface area contributed by atoms with Crippen LogP contribution in [0.5, 0.6) is 0 Å². The van der Waals surface area contributed by atoms with Crippen LogP contribution in [0.2, 0.25) is 0 Å². The smallest absolute Gasteiger partial charge is 0.0445 e. The lowest BCUT2D eigenvalue weighted by Crippen LogP contribution is -2.11. The molecule has 2 aliphatic rings. The average molecular weight is 733 g/mol. The van der Waals surface area contributed by atoms with Crippen LogP contribution in [0, 0.1) is 6.92 Å². The van der Waals surface area contributed by atoms with E-state index in [1.165, 1.54) is 100 Å². The predicted octanol–water partition coefficient (Wildman–Crippen LogP) is 15.4. The van der Waals surface area contributed by atoms with E-state index in [1.807, 2.05) is 34.0 Å². The van der Waals surface area contributed by atoms with E-state index >= 15 is 0 Å². The highest BCUT2D eigenvalue weighted by Crippen LogP contribution is 2.50. The lowest BCUT2D eigenvalue weighted by Gasteiger charge is -2.27. The maximum Gasteiger partial charge on any atom is 0.0445 e. The number of rotatable bonds is 4. The summed E-state index contributed by atoms with van der Waals surface area (Å²) >= 11 is 5.85. The topological polar surface area (TPSA) is 0 Å². The highest BCUT2D eigenvalue weighted by Gasteiger charge is 2.29. The number of thiophene rings is 3. The van der Waals surface area contributed by atoms with Crippen molar-refractivity contribution < 1.29 is 0 Å². The Bertz CT molecular complexity index is 2950. The van der Waals surface area contributed by atoms with Crippen molar-refractivity contribution in [3.05, 3.63) is 177 Å². The van der Waals surface area contributed by atoms with Crippen LogP contribution >= 0.6 is 34.0 Å². The fourth-order valence-corrected chi connectivity index (χ4v) is 12.7. The van der Waals surface area contributed by atoms with Crippen molar-refractivity contribution in [2.45, 2.75) is 38.0 Å². The Balaban J connectivity index is 0.969. The van der Waals surface area contributed by atoms with Crippen molar-refractivity contribution in [2.75, 3.05) is 0 Å². The molecule has 0 N–H and O–H groups in total. The minimum absolute atomic E-state index is 0.318. The maximum absolute atomic E-state index is 2.48. The van der Waals surface area contributed by atoms with E-state index < -0.39 is 0 Å². The van der Waals surface area contributed by atoms with E-state index in [4.69, 9.17) is 0 Å². The highest BCUT2D eigenvalue weighted by molar-refractivity contribution is 7.28. The van der Waals surface area contributed by atoms with E-state index in [-0.39, 0.29) is 0 Å². The molecule has 3 aromatic heterocycles. The minimum atomic E-state index is 0.318. The summed E-state index contributed by atoms with van der Waals surface area (Å²) in [6.45, 7) is 4.72. The van der Waals surface area contributed by atoms with Gasteiger partial charge in [-0.05, 0) is 117 Å². The molecular weight excluding hydrogens is 697 g/mol. The molecular formula is C50H36S3.